The molecule has 0 radical (unpaired) electrons. The zero-order chi connectivity index (χ0) is 12.4. The highest BCUT2D eigenvalue weighted by atomic mass is 19.1. The van der Waals surface area contributed by atoms with Gasteiger partial charge >= 0.3 is 0 Å². The van der Waals surface area contributed by atoms with E-state index in [0.717, 1.165) is 11.3 Å². The third-order valence-electron chi connectivity index (χ3n) is 2.60. The number of aryl methyl sites for hydroxylation is 2. The Morgan fingerprint density at radius 2 is 2.06 bits per heavy atom. The van der Waals surface area contributed by atoms with Crippen LogP contribution in [0.1, 0.15) is 34.4 Å². The summed E-state index contributed by atoms with van der Waals surface area (Å²) in [7, 11) is 0. The number of hydrogen-bond donors (Lipinski definition) is 0. The van der Waals surface area contributed by atoms with Crippen molar-refractivity contribution in [3.63, 3.8) is 0 Å². The Hall–Kier alpha value is -1.90. The van der Waals surface area contributed by atoms with Crippen molar-refractivity contribution in [2.24, 2.45) is 0 Å². The van der Waals surface area contributed by atoms with Crippen molar-refractivity contribution in [3.05, 3.63) is 58.8 Å². The first kappa shape index (κ1) is 11.6. The molecule has 0 amide bonds. The molecule has 2 aromatic rings. The van der Waals surface area contributed by atoms with Crippen LogP contribution in [0.15, 0.2) is 34.7 Å². The van der Waals surface area contributed by atoms with Gasteiger partial charge in [-0.3, -0.25) is 4.79 Å². The summed E-state index contributed by atoms with van der Waals surface area (Å²) in [6.45, 7) is 3.75. The fourth-order valence-electron chi connectivity index (χ4n) is 1.64. The van der Waals surface area contributed by atoms with E-state index in [1.165, 1.54) is 12.1 Å². The predicted octanol–water partition coefficient (Wildman–Crippen LogP) is 3.52. The summed E-state index contributed by atoms with van der Waals surface area (Å²) in [5.41, 5.74) is 0.902. The lowest BCUT2D eigenvalue weighted by Crippen LogP contribution is -2.03. The number of carbonyl (C=O) groups excluding carboxylic acids is 1. The molecule has 88 valence electrons. The summed E-state index contributed by atoms with van der Waals surface area (Å²) in [4.78, 5) is 12.0. The molecule has 2 nitrogen and oxygen atoms in total. The minimum Gasteiger partial charge on any atom is -0.458 e. The Morgan fingerprint density at radius 3 is 2.71 bits per heavy atom. The molecule has 0 saturated heterocycles. The lowest BCUT2D eigenvalue weighted by Gasteiger charge is -2.01. The smallest absolute Gasteiger partial charge is 0.231 e. The van der Waals surface area contributed by atoms with Gasteiger partial charge in [0.25, 0.3) is 0 Å². The van der Waals surface area contributed by atoms with Gasteiger partial charge in [0.15, 0.2) is 5.76 Å². The average molecular weight is 232 g/mol. The highest BCUT2D eigenvalue weighted by Gasteiger charge is 2.17. The summed E-state index contributed by atoms with van der Waals surface area (Å²) in [6.07, 6.45) is 0.712. The second-order valence-electron chi connectivity index (χ2n) is 3.93. The molecule has 0 aliphatic carbocycles. The number of halogens is 1. The van der Waals surface area contributed by atoms with Gasteiger partial charge in [-0.2, -0.15) is 0 Å². The molecule has 0 spiro atoms. The largest absolute Gasteiger partial charge is 0.458 e. The lowest BCUT2D eigenvalue weighted by atomic mass is 10.1. The van der Waals surface area contributed by atoms with Gasteiger partial charge in [-0.15, -0.1) is 0 Å². The first-order valence-electron chi connectivity index (χ1n) is 5.51. The van der Waals surface area contributed by atoms with Crippen molar-refractivity contribution >= 4 is 5.78 Å². The molecular weight excluding hydrogens is 219 g/mol. The molecule has 0 aliphatic heterocycles. The van der Waals surface area contributed by atoms with Gasteiger partial charge in [-0.25, -0.2) is 4.39 Å². The third-order valence-corrected chi connectivity index (χ3v) is 2.60. The van der Waals surface area contributed by atoms with Crippen molar-refractivity contribution in [1.82, 2.24) is 0 Å². The summed E-state index contributed by atoms with van der Waals surface area (Å²) in [6, 6.07) is 7.79. The maximum absolute atomic E-state index is 13.5. The highest BCUT2D eigenvalue weighted by Crippen LogP contribution is 2.17. The SMILES string of the molecule is CCc1ccc(C(=O)c2cc(C)ccc2F)o1. The minimum absolute atomic E-state index is 0.0574. The molecule has 1 aromatic heterocycles. The number of ketones is 1. The molecule has 0 fully saturated rings. The van der Waals surface area contributed by atoms with Crippen LogP contribution >= 0.6 is 0 Å². The summed E-state index contributed by atoms with van der Waals surface area (Å²) < 4.78 is 18.9. The van der Waals surface area contributed by atoms with E-state index in [0.29, 0.717) is 6.42 Å². The van der Waals surface area contributed by atoms with Crippen LogP contribution in [0.5, 0.6) is 0 Å². The molecule has 0 aliphatic rings. The molecule has 0 bridgehead atoms. The lowest BCUT2D eigenvalue weighted by molar-refractivity contribution is 0.100. The molecule has 1 aromatic carbocycles. The molecule has 0 atom stereocenters. The fourth-order valence-corrected chi connectivity index (χ4v) is 1.64. The predicted molar refractivity (Wildman–Crippen MR) is 62.7 cm³/mol. The average Bonchev–Trinajstić information content (AvgIpc) is 2.80. The topological polar surface area (TPSA) is 30.2 Å². The van der Waals surface area contributed by atoms with Gasteiger partial charge in [0, 0.05) is 6.42 Å². The van der Waals surface area contributed by atoms with E-state index in [-0.39, 0.29) is 11.3 Å². The molecule has 17 heavy (non-hydrogen) atoms. The van der Waals surface area contributed by atoms with Crippen molar-refractivity contribution < 1.29 is 13.6 Å². The Balaban J connectivity index is 2.39. The van der Waals surface area contributed by atoms with Crippen LogP contribution in [0.2, 0.25) is 0 Å². The molecular formula is C14H13FO2. The standard InChI is InChI=1S/C14H13FO2/c1-3-10-5-7-13(17-10)14(16)11-8-9(2)4-6-12(11)15/h4-8H,3H2,1-2H3. The first-order chi connectivity index (χ1) is 8.11. The summed E-state index contributed by atoms with van der Waals surface area (Å²) in [5.74, 6) is -0.0197. The molecule has 0 unspecified atom stereocenters. The number of rotatable bonds is 3. The van der Waals surface area contributed by atoms with Crippen molar-refractivity contribution in [2.45, 2.75) is 20.3 Å². The van der Waals surface area contributed by atoms with Crippen molar-refractivity contribution in [2.75, 3.05) is 0 Å². The van der Waals surface area contributed by atoms with E-state index in [4.69, 9.17) is 4.42 Å². The summed E-state index contributed by atoms with van der Waals surface area (Å²) >= 11 is 0. The third kappa shape index (κ3) is 2.28. The second-order valence-corrected chi connectivity index (χ2v) is 3.93. The van der Waals surface area contributed by atoms with Gasteiger partial charge in [0.05, 0.1) is 5.56 Å². The Bertz CT molecular complexity index is 555. The van der Waals surface area contributed by atoms with Crippen LogP contribution in [0, 0.1) is 12.7 Å². The van der Waals surface area contributed by atoms with E-state index in [9.17, 15) is 9.18 Å². The highest BCUT2D eigenvalue weighted by molar-refractivity contribution is 6.07. The van der Waals surface area contributed by atoms with Crippen LogP contribution < -0.4 is 0 Å². The van der Waals surface area contributed by atoms with Crippen molar-refractivity contribution in [3.8, 4) is 0 Å². The van der Waals surface area contributed by atoms with Crippen LogP contribution in [0.3, 0.4) is 0 Å². The fraction of sp³-hybridized carbons (Fsp3) is 0.214. The molecule has 1 heterocycles. The molecule has 2 rings (SSSR count). The van der Waals surface area contributed by atoms with Crippen LogP contribution in [-0.2, 0) is 6.42 Å². The van der Waals surface area contributed by atoms with Gasteiger partial charge < -0.3 is 4.42 Å². The van der Waals surface area contributed by atoms with Gasteiger partial charge in [0.1, 0.15) is 11.6 Å². The van der Waals surface area contributed by atoms with Gasteiger partial charge in [0.2, 0.25) is 5.78 Å². The van der Waals surface area contributed by atoms with E-state index >= 15 is 0 Å². The molecule has 0 saturated carbocycles. The maximum atomic E-state index is 13.5. The number of carbonyl (C=O) groups is 1. The first-order valence-corrected chi connectivity index (χ1v) is 5.51. The zero-order valence-electron chi connectivity index (χ0n) is 9.79. The Kier molecular flexibility index (Phi) is 3.09. The normalized spacial score (nSPS) is 10.5. The number of furan rings is 1. The van der Waals surface area contributed by atoms with E-state index < -0.39 is 11.6 Å². The Morgan fingerprint density at radius 1 is 1.29 bits per heavy atom. The molecule has 0 N–H and O–H groups in total. The summed E-state index contributed by atoms with van der Waals surface area (Å²) in [5, 5.41) is 0. The minimum atomic E-state index is -0.518. The zero-order valence-corrected chi connectivity index (χ0v) is 9.79. The maximum Gasteiger partial charge on any atom is 0.231 e. The van der Waals surface area contributed by atoms with Gasteiger partial charge in [-0.05, 0) is 31.2 Å². The van der Waals surface area contributed by atoms with Crippen LogP contribution in [0.4, 0.5) is 4.39 Å². The van der Waals surface area contributed by atoms with E-state index in [1.807, 2.05) is 13.8 Å². The van der Waals surface area contributed by atoms with E-state index in [1.54, 1.807) is 18.2 Å². The van der Waals surface area contributed by atoms with Crippen LogP contribution in [-0.4, -0.2) is 5.78 Å². The second kappa shape index (κ2) is 4.53. The van der Waals surface area contributed by atoms with E-state index in [2.05, 4.69) is 0 Å². The quantitative estimate of drug-likeness (QED) is 0.758. The monoisotopic (exact) mass is 232 g/mol. The Labute approximate surface area is 99.1 Å². The molecule has 3 heteroatoms. The van der Waals surface area contributed by atoms with Crippen molar-refractivity contribution in [1.29, 1.82) is 0 Å². The number of benzene rings is 1. The number of hydrogen-bond acceptors (Lipinski definition) is 2. The van der Waals surface area contributed by atoms with Crippen LogP contribution in [0.25, 0.3) is 0 Å². The van der Waals surface area contributed by atoms with Gasteiger partial charge in [-0.1, -0.05) is 18.6 Å².